The van der Waals surface area contributed by atoms with Crippen molar-refractivity contribution in [1.82, 2.24) is 9.47 Å². The van der Waals surface area contributed by atoms with Gasteiger partial charge in [0.25, 0.3) is 5.56 Å². The molecule has 1 N–H and O–H groups in total. The van der Waals surface area contributed by atoms with Crippen LogP contribution >= 0.6 is 0 Å². The molecule has 1 aromatic carbocycles. The number of methoxy groups -OCH3 is 4. The Morgan fingerprint density at radius 2 is 1.73 bits per heavy atom. The second kappa shape index (κ2) is 11.7. The number of hydrogen-bond donors (Lipinski definition) is 1. The first-order valence-electron chi connectivity index (χ1n) is 13.4. The fourth-order valence-electron chi connectivity index (χ4n) is 6.13. The summed E-state index contributed by atoms with van der Waals surface area (Å²) in [7, 11) is 5.69. The van der Waals surface area contributed by atoms with E-state index in [0.717, 1.165) is 18.7 Å². The highest BCUT2D eigenvalue weighted by Crippen LogP contribution is 2.43. The molecule has 3 atom stereocenters. The van der Waals surface area contributed by atoms with Crippen molar-refractivity contribution in [2.75, 3.05) is 41.5 Å². The van der Waals surface area contributed by atoms with Gasteiger partial charge < -0.3 is 33.0 Å². The van der Waals surface area contributed by atoms with Gasteiger partial charge in [-0.1, -0.05) is 6.07 Å². The van der Waals surface area contributed by atoms with Crippen LogP contribution in [0.15, 0.2) is 50.4 Å². The molecule has 2 aliphatic rings. The van der Waals surface area contributed by atoms with E-state index in [9.17, 15) is 19.5 Å². The van der Waals surface area contributed by atoms with Crippen LogP contribution in [0.2, 0.25) is 0 Å². The van der Waals surface area contributed by atoms with E-state index in [1.807, 2.05) is 10.6 Å². The van der Waals surface area contributed by atoms with Gasteiger partial charge >= 0.3 is 5.97 Å². The lowest BCUT2D eigenvalue weighted by Gasteiger charge is -2.42. The Hall–Kier alpha value is -4.25. The van der Waals surface area contributed by atoms with Crippen molar-refractivity contribution in [2.24, 2.45) is 5.92 Å². The van der Waals surface area contributed by atoms with Crippen molar-refractivity contribution in [3.05, 3.63) is 79.8 Å². The number of ether oxygens (including phenoxy) is 4. The third-order valence-electron chi connectivity index (χ3n) is 7.96. The molecule has 1 saturated heterocycles. The van der Waals surface area contributed by atoms with Crippen LogP contribution in [0, 0.1) is 5.92 Å². The summed E-state index contributed by atoms with van der Waals surface area (Å²) in [4.78, 5) is 40.1. The number of carbonyl (C=O) groups is 1. The van der Waals surface area contributed by atoms with Crippen molar-refractivity contribution in [3.63, 3.8) is 0 Å². The van der Waals surface area contributed by atoms with Crippen LogP contribution in [-0.4, -0.2) is 62.1 Å². The molecule has 3 aromatic rings. The zero-order chi connectivity index (χ0) is 29.3. The monoisotopic (exact) mass is 566 g/mol. The van der Waals surface area contributed by atoms with Gasteiger partial charge in [0.1, 0.15) is 11.5 Å². The molecule has 41 heavy (non-hydrogen) atoms. The molecule has 2 aliphatic heterocycles. The first-order valence-corrected chi connectivity index (χ1v) is 13.4. The average Bonchev–Trinajstić information content (AvgIpc) is 2.97. The Kier molecular flexibility index (Phi) is 8.07. The van der Waals surface area contributed by atoms with E-state index in [0.29, 0.717) is 48.2 Å². The molecular weight excluding hydrogens is 532 g/mol. The van der Waals surface area contributed by atoms with E-state index in [1.165, 1.54) is 34.5 Å². The first kappa shape index (κ1) is 28.3. The number of likely N-dealkylation sites (tertiary alicyclic amines) is 1. The van der Waals surface area contributed by atoms with Gasteiger partial charge in [0.2, 0.25) is 11.2 Å². The number of fused-ring (bicyclic) bond motifs is 4. The third-order valence-corrected chi connectivity index (χ3v) is 7.96. The minimum Gasteiger partial charge on any atom is -0.502 e. The zero-order valence-electron chi connectivity index (χ0n) is 23.5. The van der Waals surface area contributed by atoms with Gasteiger partial charge in [0.05, 0.1) is 47.3 Å². The van der Waals surface area contributed by atoms with Gasteiger partial charge in [0, 0.05) is 55.0 Å². The molecular formula is C30H34N2O9. The summed E-state index contributed by atoms with van der Waals surface area (Å²) in [5.74, 6) is -0.221. The molecule has 5 rings (SSSR count). The molecule has 0 aliphatic carbocycles. The molecule has 0 radical (unpaired) electrons. The number of benzene rings is 1. The van der Waals surface area contributed by atoms with E-state index in [1.54, 1.807) is 24.3 Å². The number of nitrogens with zero attached hydrogens (tertiary/aromatic N) is 2. The van der Waals surface area contributed by atoms with Crippen LogP contribution in [0.4, 0.5) is 0 Å². The number of rotatable bonds is 9. The predicted octanol–water partition coefficient (Wildman–Crippen LogP) is 2.85. The van der Waals surface area contributed by atoms with Crippen molar-refractivity contribution >= 4 is 5.97 Å². The topological polar surface area (TPSA) is 130 Å². The Morgan fingerprint density at radius 1 is 1.00 bits per heavy atom. The lowest BCUT2D eigenvalue weighted by Crippen LogP contribution is -2.46. The number of hydrogen-bond acceptors (Lipinski definition) is 10. The molecule has 2 bridgehead atoms. The SMILES string of the molecule is COC(=O)C[C@@H](c1cc(OC)c(OC)cc1OC)c1oc(CN2C[C@H]3C[C@@H](C2)c2cccc(=O)n2C3)cc(=O)c1O. The smallest absolute Gasteiger partial charge is 0.306 e. The number of esters is 1. The van der Waals surface area contributed by atoms with E-state index in [4.69, 9.17) is 23.4 Å². The Labute approximate surface area is 236 Å². The number of aromatic hydroxyl groups is 1. The van der Waals surface area contributed by atoms with Crippen LogP contribution in [0.25, 0.3) is 0 Å². The standard InChI is InChI=1S/C30H34N2O9/c1-37-24-12-26(39-3)25(38-2)10-20(24)21(11-28(35)40-4)30-29(36)23(33)9-19(41-30)16-31-13-17-8-18(15-31)22-6-5-7-27(34)32(22)14-17/h5-7,9-10,12,17-18,21,36H,8,11,13-16H2,1-4H3/t17-,18+,21+/m1/s1. The molecule has 0 spiro atoms. The lowest BCUT2D eigenvalue weighted by molar-refractivity contribution is -0.140. The molecule has 0 saturated carbocycles. The number of carbonyl (C=O) groups excluding carboxylic acids is 1. The minimum atomic E-state index is -0.927. The minimum absolute atomic E-state index is 0.0158. The molecule has 218 valence electrons. The Morgan fingerprint density at radius 3 is 2.44 bits per heavy atom. The number of piperidine rings is 1. The molecule has 11 heteroatoms. The summed E-state index contributed by atoms with van der Waals surface area (Å²) >= 11 is 0. The van der Waals surface area contributed by atoms with Crippen LogP contribution in [0.3, 0.4) is 0 Å². The predicted molar refractivity (Wildman–Crippen MR) is 148 cm³/mol. The normalized spacial score (nSPS) is 18.7. The van der Waals surface area contributed by atoms with Crippen molar-refractivity contribution in [1.29, 1.82) is 0 Å². The molecule has 0 unspecified atom stereocenters. The third kappa shape index (κ3) is 5.54. The number of pyridine rings is 1. The molecule has 1 fully saturated rings. The largest absolute Gasteiger partial charge is 0.502 e. The highest BCUT2D eigenvalue weighted by atomic mass is 16.5. The van der Waals surface area contributed by atoms with E-state index in [2.05, 4.69) is 4.90 Å². The fourth-order valence-corrected chi connectivity index (χ4v) is 6.13. The summed E-state index contributed by atoms with van der Waals surface area (Å²) in [6.45, 7) is 2.38. The van der Waals surface area contributed by atoms with Crippen LogP contribution in [-0.2, 0) is 22.6 Å². The zero-order valence-corrected chi connectivity index (χ0v) is 23.5. The van der Waals surface area contributed by atoms with Crippen LogP contribution < -0.4 is 25.2 Å². The summed E-state index contributed by atoms with van der Waals surface area (Å²) < 4.78 is 29.4. The summed E-state index contributed by atoms with van der Waals surface area (Å²) in [6, 6.07) is 9.90. The van der Waals surface area contributed by atoms with Gasteiger partial charge in [0.15, 0.2) is 17.3 Å². The van der Waals surface area contributed by atoms with Gasteiger partial charge in [-0.25, -0.2) is 0 Å². The number of aromatic nitrogens is 1. The highest BCUT2D eigenvalue weighted by molar-refractivity contribution is 5.72. The van der Waals surface area contributed by atoms with Gasteiger partial charge in [-0.3, -0.25) is 19.3 Å². The Bertz CT molecular complexity index is 1560. The Balaban J connectivity index is 1.51. The molecule has 4 heterocycles. The van der Waals surface area contributed by atoms with Gasteiger partial charge in [-0.2, -0.15) is 0 Å². The van der Waals surface area contributed by atoms with Crippen LogP contribution in [0.1, 0.15) is 47.5 Å². The second-order valence-electron chi connectivity index (χ2n) is 10.5. The van der Waals surface area contributed by atoms with Gasteiger partial charge in [-0.15, -0.1) is 0 Å². The van der Waals surface area contributed by atoms with Crippen molar-refractivity contribution in [3.8, 4) is 23.0 Å². The maximum absolute atomic E-state index is 13.0. The van der Waals surface area contributed by atoms with Crippen molar-refractivity contribution < 1.29 is 33.3 Å². The summed E-state index contributed by atoms with van der Waals surface area (Å²) in [5.41, 5.74) is 0.859. The molecule has 11 nitrogen and oxygen atoms in total. The highest BCUT2D eigenvalue weighted by Gasteiger charge is 2.35. The maximum atomic E-state index is 13.0. The summed E-state index contributed by atoms with van der Waals surface area (Å²) in [6.07, 6.45) is 0.757. The fraction of sp³-hybridized carbons (Fsp3) is 0.433. The quantitative estimate of drug-likeness (QED) is 0.386. The lowest BCUT2D eigenvalue weighted by atomic mass is 9.83. The average molecular weight is 567 g/mol. The van der Waals surface area contributed by atoms with Gasteiger partial charge in [-0.05, 0) is 24.5 Å². The van der Waals surface area contributed by atoms with Crippen LogP contribution in [0.5, 0.6) is 23.0 Å². The summed E-state index contributed by atoms with van der Waals surface area (Å²) in [5, 5.41) is 10.9. The molecule has 0 amide bonds. The maximum Gasteiger partial charge on any atom is 0.306 e. The van der Waals surface area contributed by atoms with E-state index < -0.39 is 23.1 Å². The first-order chi connectivity index (χ1) is 19.8. The molecule has 2 aromatic heterocycles. The van der Waals surface area contributed by atoms with E-state index >= 15 is 0 Å². The second-order valence-corrected chi connectivity index (χ2v) is 10.5. The van der Waals surface area contributed by atoms with Crippen molar-refractivity contribution in [2.45, 2.75) is 37.8 Å². The van der Waals surface area contributed by atoms with E-state index in [-0.39, 0.29) is 29.6 Å².